The molecule has 1 heterocycles. The Morgan fingerprint density at radius 1 is 1.40 bits per heavy atom. The second kappa shape index (κ2) is 5.60. The molecular weight excluding hydrogens is 250 g/mol. The number of H-pyrrole nitrogens is 1. The standard InChI is InChI=1S/C16H25N3O/c1-19(2)15(11-7-8-11)10-17-16(20)14-9-12-5-3-4-6-13(12)18-14/h9,11,15,18H,3-8,10H2,1-2H3,(H,17,20). The summed E-state index contributed by atoms with van der Waals surface area (Å²) in [5.41, 5.74) is 3.35. The Labute approximate surface area is 120 Å². The highest BCUT2D eigenvalue weighted by Gasteiger charge is 2.32. The molecule has 1 unspecified atom stereocenters. The maximum absolute atomic E-state index is 12.3. The zero-order valence-corrected chi connectivity index (χ0v) is 12.5. The number of rotatable bonds is 5. The molecule has 2 aliphatic rings. The number of likely N-dealkylation sites (N-methyl/N-ethyl adjacent to an activating group) is 1. The van der Waals surface area contributed by atoms with Gasteiger partial charge in [-0.25, -0.2) is 0 Å². The van der Waals surface area contributed by atoms with E-state index in [4.69, 9.17) is 0 Å². The van der Waals surface area contributed by atoms with E-state index < -0.39 is 0 Å². The van der Waals surface area contributed by atoms with E-state index in [0.29, 0.717) is 6.04 Å². The molecule has 1 aromatic rings. The van der Waals surface area contributed by atoms with Crippen LogP contribution in [0, 0.1) is 5.92 Å². The molecule has 1 fully saturated rings. The summed E-state index contributed by atoms with van der Waals surface area (Å²) in [6.07, 6.45) is 7.28. The third-order valence-corrected chi connectivity index (χ3v) is 4.66. The molecule has 4 heteroatoms. The van der Waals surface area contributed by atoms with Gasteiger partial charge in [-0.2, -0.15) is 0 Å². The van der Waals surface area contributed by atoms with Gasteiger partial charge in [0.1, 0.15) is 5.69 Å². The number of hydrogen-bond donors (Lipinski definition) is 2. The lowest BCUT2D eigenvalue weighted by Gasteiger charge is -2.24. The number of fused-ring (bicyclic) bond motifs is 1. The Morgan fingerprint density at radius 2 is 2.15 bits per heavy atom. The van der Waals surface area contributed by atoms with Crippen LogP contribution in [0.3, 0.4) is 0 Å². The van der Waals surface area contributed by atoms with Crippen LogP contribution >= 0.6 is 0 Å². The van der Waals surface area contributed by atoms with E-state index in [1.54, 1.807) is 0 Å². The number of nitrogens with one attached hydrogen (secondary N) is 2. The lowest BCUT2D eigenvalue weighted by atomic mass is 9.98. The minimum atomic E-state index is 0.0481. The van der Waals surface area contributed by atoms with E-state index in [0.717, 1.165) is 31.0 Å². The topological polar surface area (TPSA) is 48.1 Å². The largest absolute Gasteiger partial charge is 0.354 e. The van der Waals surface area contributed by atoms with Crippen molar-refractivity contribution < 1.29 is 4.79 Å². The number of carbonyl (C=O) groups excluding carboxylic acids is 1. The molecule has 0 spiro atoms. The summed E-state index contributed by atoms with van der Waals surface area (Å²) in [5.74, 6) is 0.814. The first-order chi connectivity index (χ1) is 9.65. The molecule has 1 saturated carbocycles. The van der Waals surface area contributed by atoms with E-state index in [9.17, 15) is 4.79 Å². The van der Waals surface area contributed by atoms with Gasteiger partial charge >= 0.3 is 0 Å². The minimum Gasteiger partial charge on any atom is -0.354 e. The van der Waals surface area contributed by atoms with Gasteiger partial charge in [-0.1, -0.05) is 0 Å². The number of nitrogens with zero attached hydrogens (tertiary/aromatic N) is 1. The average Bonchev–Trinajstić information content (AvgIpc) is 3.16. The van der Waals surface area contributed by atoms with Crippen LogP contribution in [0.1, 0.15) is 47.4 Å². The van der Waals surface area contributed by atoms with Crippen LogP contribution in [-0.4, -0.2) is 42.5 Å². The SMILES string of the molecule is CN(C)C(CNC(=O)c1cc2c([nH]1)CCCC2)C1CC1. The van der Waals surface area contributed by atoms with E-state index in [1.807, 2.05) is 6.07 Å². The maximum atomic E-state index is 12.3. The summed E-state index contributed by atoms with van der Waals surface area (Å²) >= 11 is 0. The van der Waals surface area contributed by atoms with Crippen molar-refractivity contribution in [3.8, 4) is 0 Å². The van der Waals surface area contributed by atoms with Gasteiger partial charge < -0.3 is 15.2 Å². The van der Waals surface area contributed by atoms with Gasteiger partial charge in [-0.15, -0.1) is 0 Å². The minimum absolute atomic E-state index is 0.0481. The van der Waals surface area contributed by atoms with E-state index in [1.165, 1.54) is 36.9 Å². The molecule has 0 aliphatic heterocycles. The number of aromatic nitrogens is 1. The lowest BCUT2D eigenvalue weighted by molar-refractivity contribution is 0.0934. The van der Waals surface area contributed by atoms with Crippen molar-refractivity contribution in [3.63, 3.8) is 0 Å². The molecule has 4 nitrogen and oxygen atoms in total. The summed E-state index contributed by atoms with van der Waals surface area (Å²) in [5, 5.41) is 3.10. The monoisotopic (exact) mass is 275 g/mol. The van der Waals surface area contributed by atoms with Crippen molar-refractivity contribution in [1.29, 1.82) is 0 Å². The first kappa shape index (κ1) is 13.7. The third kappa shape index (κ3) is 2.90. The lowest BCUT2D eigenvalue weighted by Crippen LogP contribution is -2.41. The predicted octanol–water partition coefficient (Wildman–Crippen LogP) is 1.96. The van der Waals surface area contributed by atoms with Crippen LogP contribution in [-0.2, 0) is 12.8 Å². The van der Waals surface area contributed by atoms with Crippen LogP contribution in [0.4, 0.5) is 0 Å². The van der Waals surface area contributed by atoms with Crippen LogP contribution in [0.2, 0.25) is 0 Å². The van der Waals surface area contributed by atoms with Gasteiger partial charge in [0.2, 0.25) is 0 Å². The Hall–Kier alpha value is -1.29. The number of carbonyl (C=O) groups is 1. The fourth-order valence-electron chi connectivity index (χ4n) is 3.27. The smallest absolute Gasteiger partial charge is 0.267 e. The van der Waals surface area contributed by atoms with Crippen molar-refractivity contribution in [3.05, 3.63) is 23.0 Å². The Bertz CT molecular complexity index is 462. The van der Waals surface area contributed by atoms with Gasteiger partial charge in [0.05, 0.1) is 0 Å². The van der Waals surface area contributed by atoms with Crippen molar-refractivity contribution in [2.24, 2.45) is 5.92 Å². The third-order valence-electron chi connectivity index (χ3n) is 4.66. The van der Waals surface area contributed by atoms with E-state index in [-0.39, 0.29) is 5.91 Å². The second-order valence-electron chi connectivity index (χ2n) is 6.47. The van der Waals surface area contributed by atoms with Gasteiger partial charge in [-0.3, -0.25) is 4.79 Å². The molecule has 1 amide bonds. The summed E-state index contributed by atoms with van der Waals surface area (Å²) in [6.45, 7) is 0.750. The zero-order valence-electron chi connectivity index (χ0n) is 12.5. The highest BCUT2D eigenvalue weighted by Crippen LogP contribution is 2.34. The van der Waals surface area contributed by atoms with Gasteiger partial charge in [0.25, 0.3) is 5.91 Å². The maximum Gasteiger partial charge on any atom is 0.267 e. The summed E-state index contributed by atoms with van der Waals surface area (Å²) < 4.78 is 0. The Morgan fingerprint density at radius 3 is 2.80 bits per heavy atom. The van der Waals surface area contributed by atoms with Gasteiger partial charge in [0, 0.05) is 18.3 Å². The van der Waals surface area contributed by atoms with Gasteiger partial charge in [0.15, 0.2) is 0 Å². The normalized spacial score (nSPS) is 19.8. The average molecular weight is 275 g/mol. The number of aromatic amines is 1. The van der Waals surface area contributed by atoms with E-state index >= 15 is 0 Å². The predicted molar refractivity (Wildman–Crippen MR) is 80.0 cm³/mol. The van der Waals surface area contributed by atoms with Crippen molar-refractivity contribution >= 4 is 5.91 Å². The molecule has 0 bridgehead atoms. The van der Waals surface area contributed by atoms with Crippen molar-refractivity contribution in [2.45, 2.75) is 44.6 Å². The molecular formula is C16H25N3O. The quantitative estimate of drug-likeness (QED) is 0.863. The zero-order chi connectivity index (χ0) is 14.1. The molecule has 2 aliphatic carbocycles. The first-order valence-corrected chi connectivity index (χ1v) is 7.80. The summed E-state index contributed by atoms with van der Waals surface area (Å²) in [7, 11) is 4.20. The van der Waals surface area contributed by atoms with E-state index in [2.05, 4.69) is 29.3 Å². The Kier molecular flexibility index (Phi) is 3.83. The molecule has 3 rings (SSSR count). The summed E-state index contributed by atoms with van der Waals surface area (Å²) in [6, 6.07) is 2.52. The van der Waals surface area contributed by atoms with Crippen LogP contribution in [0.15, 0.2) is 6.07 Å². The Balaban J connectivity index is 1.59. The molecule has 1 atom stereocenters. The highest BCUT2D eigenvalue weighted by molar-refractivity contribution is 5.92. The number of aryl methyl sites for hydroxylation is 2. The molecule has 0 radical (unpaired) electrons. The summed E-state index contributed by atoms with van der Waals surface area (Å²) in [4.78, 5) is 17.8. The number of amides is 1. The fraction of sp³-hybridized carbons (Fsp3) is 0.688. The first-order valence-electron chi connectivity index (χ1n) is 7.80. The molecule has 2 N–H and O–H groups in total. The molecule has 110 valence electrons. The van der Waals surface area contributed by atoms with Crippen LogP contribution in [0.25, 0.3) is 0 Å². The second-order valence-corrected chi connectivity index (χ2v) is 6.47. The van der Waals surface area contributed by atoms with Gasteiger partial charge in [-0.05, 0) is 70.2 Å². The molecule has 0 aromatic carbocycles. The molecule has 1 aromatic heterocycles. The highest BCUT2D eigenvalue weighted by atomic mass is 16.1. The number of hydrogen-bond acceptors (Lipinski definition) is 2. The fourth-order valence-corrected chi connectivity index (χ4v) is 3.27. The molecule has 20 heavy (non-hydrogen) atoms. The van der Waals surface area contributed by atoms with Crippen LogP contribution < -0.4 is 5.32 Å². The van der Waals surface area contributed by atoms with Crippen molar-refractivity contribution in [2.75, 3.05) is 20.6 Å². The molecule has 0 saturated heterocycles. The van der Waals surface area contributed by atoms with Crippen LogP contribution in [0.5, 0.6) is 0 Å². The van der Waals surface area contributed by atoms with Crippen molar-refractivity contribution in [1.82, 2.24) is 15.2 Å².